The van der Waals surface area contributed by atoms with Crippen molar-refractivity contribution in [3.63, 3.8) is 0 Å². The summed E-state index contributed by atoms with van der Waals surface area (Å²) in [5, 5.41) is -0.0327. The molecular weight excluding hydrogens is 324 g/mol. The van der Waals surface area contributed by atoms with Crippen LogP contribution in [0, 0.1) is 0 Å². The van der Waals surface area contributed by atoms with Gasteiger partial charge in [-0.2, -0.15) is 0 Å². The maximum atomic E-state index is 12.8. The minimum absolute atomic E-state index is 0.0327. The zero-order chi connectivity index (χ0) is 16.5. The van der Waals surface area contributed by atoms with Crippen molar-refractivity contribution >= 4 is 23.6 Å². The number of piperazine rings is 1. The van der Waals surface area contributed by atoms with Crippen LogP contribution >= 0.6 is 11.8 Å². The number of furan rings is 1. The van der Waals surface area contributed by atoms with Gasteiger partial charge in [0.15, 0.2) is 5.76 Å². The van der Waals surface area contributed by atoms with E-state index in [1.807, 2.05) is 17.0 Å². The van der Waals surface area contributed by atoms with Gasteiger partial charge >= 0.3 is 0 Å². The first kappa shape index (κ1) is 15.3. The monoisotopic (exact) mass is 342 g/mol. The topological polar surface area (TPSA) is 53.8 Å². The highest BCUT2D eigenvalue weighted by Crippen LogP contribution is 2.37. The Hall–Kier alpha value is -2.21. The molecule has 3 heterocycles. The number of hydrogen-bond acceptors (Lipinski definition) is 4. The van der Waals surface area contributed by atoms with E-state index < -0.39 is 0 Å². The number of nitrogens with zero attached hydrogens (tertiary/aromatic N) is 2. The van der Waals surface area contributed by atoms with Crippen LogP contribution in [0.4, 0.5) is 0 Å². The first-order valence-corrected chi connectivity index (χ1v) is 8.96. The SMILES string of the molecule is O=C(c1ccco1)N1CCN(C(=O)C2Cc3ccccc3S2)CC1. The van der Waals surface area contributed by atoms with Gasteiger partial charge in [0.25, 0.3) is 5.91 Å². The zero-order valence-corrected chi connectivity index (χ0v) is 14.0. The third-order valence-corrected chi connectivity index (χ3v) is 5.84. The fourth-order valence-corrected chi connectivity index (χ4v) is 4.49. The molecule has 0 aliphatic carbocycles. The highest BCUT2D eigenvalue weighted by atomic mass is 32.2. The van der Waals surface area contributed by atoms with E-state index in [0.29, 0.717) is 31.9 Å². The van der Waals surface area contributed by atoms with Gasteiger partial charge in [0.1, 0.15) is 0 Å². The van der Waals surface area contributed by atoms with E-state index in [0.717, 1.165) is 6.42 Å². The van der Waals surface area contributed by atoms with Gasteiger partial charge in [-0.3, -0.25) is 9.59 Å². The van der Waals surface area contributed by atoms with Gasteiger partial charge in [0.05, 0.1) is 11.5 Å². The minimum atomic E-state index is -0.102. The molecule has 2 aliphatic rings. The van der Waals surface area contributed by atoms with E-state index >= 15 is 0 Å². The van der Waals surface area contributed by atoms with Gasteiger partial charge < -0.3 is 14.2 Å². The number of benzene rings is 1. The Labute approximate surface area is 144 Å². The second kappa shape index (κ2) is 6.36. The lowest BCUT2D eigenvalue weighted by Gasteiger charge is -2.35. The van der Waals surface area contributed by atoms with E-state index in [1.165, 1.54) is 16.7 Å². The van der Waals surface area contributed by atoms with Crippen molar-refractivity contribution < 1.29 is 14.0 Å². The molecule has 24 heavy (non-hydrogen) atoms. The maximum absolute atomic E-state index is 12.8. The molecule has 6 heteroatoms. The summed E-state index contributed by atoms with van der Waals surface area (Å²) in [6.07, 6.45) is 2.30. The number of hydrogen-bond donors (Lipinski definition) is 0. The van der Waals surface area contributed by atoms with Crippen LogP contribution in [-0.4, -0.2) is 53.0 Å². The summed E-state index contributed by atoms with van der Waals surface area (Å²) >= 11 is 1.66. The summed E-state index contributed by atoms with van der Waals surface area (Å²) in [7, 11) is 0. The third kappa shape index (κ3) is 2.82. The Kier molecular flexibility index (Phi) is 4.06. The summed E-state index contributed by atoms with van der Waals surface area (Å²) in [4.78, 5) is 29.9. The molecule has 1 atom stereocenters. The van der Waals surface area contributed by atoms with E-state index in [9.17, 15) is 9.59 Å². The normalized spacial score (nSPS) is 20.1. The standard InChI is InChI=1S/C18H18N2O3S/c21-17(14-5-3-11-23-14)19-7-9-20(10-8-19)18(22)16-12-13-4-1-2-6-15(13)24-16/h1-6,11,16H,7-10,12H2. The van der Waals surface area contributed by atoms with Crippen LogP contribution in [0.2, 0.25) is 0 Å². The average Bonchev–Trinajstić information content (AvgIpc) is 3.30. The van der Waals surface area contributed by atoms with Crippen LogP contribution in [-0.2, 0) is 11.2 Å². The lowest BCUT2D eigenvalue weighted by atomic mass is 10.1. The Balaban J connectivity index is 1.35. The molecule has 2 aromatic rings. The molecule has 124 valence electrons. The number of rotatable bonds is 2. The Morgan fingerprint density at radius 1 is 1.00 bits per heavy atom. The van der Waals surface area contributed by atoms with Gasteiger partial charge in [0, 0.05) is 31.1 Å². The fourth-order valence-electron chi connectivity index (χ4n) is 3.21. The molecule has 0 saturated carbocycles. The molecule has 0 bridgehead atoms. The quantitative estimate of drug-likeness (QED) is 0.840. The molecule has 0 spiro atoms. The molecule has 1 aromatic heterocycles. The lowest BCUT2D eigenvalue weighted by Crippen LogP contribution is -2.52. The molecule has 5 nitrogen and oxygen atoms in total. The van der Waals surface area contributed by atoms with E-state index in [4.69, 9.17) is 4.42 Å². The summed E-state index contributed by atoms with van der Waals surface area (Å²) < 4.78 is 5.16. The summed E-state index contributed by atoms with van der Waals surface area (Å²) in [5.41, 5.74) is 1.26. The number of carbonyl (C=O) groups excluding carboxylic acids is 2. The molecule has 2 aliphatic heterocycles. The lowest BCUT2D eigenvalue weighted by molar-refractivity contribution is -0.132. The molecule has 0 radical (unpaired) electrons. The second-order valence-corrected chi connectivity index (χ2v) is 7.26. The molecule has 1 unspecified atom stereocenters. The fraction of sp³-hybridized carbons (Fsp3) is 0.333. The molecule has 2 amide bonds. The van der Waals surface area contributed by atoms with Gasteiger partial charge in [-0.15, -0.1) is 11.8 Å². The first-order chi connectivity index (χ1) is 11.7. The molecule has 4 rings (SSSR count). The highest BCUT2D eigenvalue weighted by Gasteiger charge is 2.33. The Morgan fingerprint density at radius 3 is 2.46 bits per heavy atom. The van der Waals surface area contributed by atoms with Crippen molar-refractivity contribution in [2.45, 2.75) is 16.6 Å². The van der Waals surface area contributed by atoms with Gasteiger partial charge in [-0.1, -0.05) is 18.2 Å². The van der Waals surface area contributed by atoms with Crippen LogP contribution in [0.25, 0.3) is 0 Å². The van der Waals surface area contributed by atoms with Crippen molar-refractivity contribution in [1.29, 1.82) is 0 Å². The van der Waals surface area contributed by atoms with Gasteiger partial charge in [-0.25, -0.2) is 0 Å². The maximum Gasteiger partial charge on any atom is 0.289 e. The Bertz CT molecular complexity index is 726. The number of amides is 2. The van der Waals surface area contributed by atoms with Crippen molar-refractivity contribution in [3.05, 3.63) is 54.0 Å². The first-order valence-electron chi connectivity index (χ1n) is 8.08. The van der Waals surface area contributed by atoms with E-state index in [1.54, 1.807) is 28.8 Å². The average molecular weight is 342 g/mol. The molecule has 1 aromatic carbocycles. The number of fused-ring (bicyclic) bond motifs is 1. The van der Waals surface area contributed by atoms with Crippen molar-refractivity contribution in [1.82, 2.24) is 9.80 Å². The minimum Gasteiger partial charge on any atom is -0.459 e. The van der Waals surface area contributed by atoms with Crippen LogP contribution in [0.15, 0.2) is 52.0 Å². The zero-order valence-electron chi connectivity index (χ0n) is 13.2. The van der Waals surface area contributed by atoms with Crippen molar-refractivity contribution in [2.75, 3.05) is 26.2 Å². The molecule has 1 fully saturated rings. The van der Waals surface area contributed by atoms with Crippen LogP contribution in [0.3, 0.4) is 0 Å². The predicted molar refractivity (Wildman–Crippen MR) is 91.0 cm³/mol. The second-order valence-electron chi connectivity index (χ2n) is 6.01. The third-order valence-electron chi connectivity index (χ3n) is 4.53. The van der Waals surface area contributed by atoms with Gasteiger partial charge in [0.2, 0.25) is 5.91 Å². The highest BCUT2D eigenvalue weighted by molar-refractivity contribution is 8.01. The Morgan fingerprint density at radius 2 is 1.75 bits per heavy atom. The van der Waals surface area contributed by atoms with Crippen molar-refractivity contribution in [2.24, 2.45) is 0 Å². The smallest absolute Gasteiger partial charge is 0.289 e. The number of thioether (sulfide) groups is 1. The van der Waals surface area contributed by atoms with Crippen LogP contribution in [0.5, 0.6) is 0 Å². The largest absolute Gasteiger partial charge is 0.459 e. The molecule has 0 N–H and O–H groups in total. The summed E-state index contributed by atoms with van der Waals surface area (Å²) in [6.45, 7) is 2.27. The predicted octanol–water partition coefficient (Wildman–Crippen LogP) is 2.28. The van der Waals surface area contributed by atoms with Gasteiger partial charge in [-0.05, 0) is 30.2 Å². The van der Waals surface area contributed by atoms with Crippen LogP contribution < -0.4 is 0 Å². The summed E-state index contributed by atoms with van der Waals surface area (Å²) in [5.74, 6) is 0.438. The van der Waals surface area contributed by atoms with Crippen LogP contribution in [0.1, 0.15) is 16.1 Å². The number of carbonyl (C=O) groups is 2. The molecular formula is C18H18N2O3S. The molecule has 1 saturated heterocycles. The van der Waals surface area contributed by atoms with Crippen molar-refractivity contribution in [3.8, 4) is 0 Å². The van der Waals surface area contributed by atoms with E-state index in [-0.39, 0.29) is 17.1 Å². The van der Waals surface area contributed by atoms with E-state index in [2.05, 4.69) is 12.1 Å². The summed E-state index contributed by atoms with van der Waals surface area (Å²) in [6, 6.07) is 11.6.